The summed E-state index contributed by atoms with van der Waals surface area (Å²) in [5.41, 5.74) is -4.03. The van der Waals surface area contributed by atoms with Crippen LogP contribution in [0.2, 0.25) is 5.02 Å². The number of carbonyl (C=O) groups is 5. The first-order valence-corrected chi connectivity index (χ1v) is 35.2. The van der Waals surface area contributed by atoms with Crippen LogP contribution in [0.1, 0.15) is 147 Å². The van der Waals surface area contributed by atoms with E-state index in [0.717, 1.165) is 46.2 Å². The molecule has 0 bridgehead atoms. The van der Waals surface area contributed by atoms with Gasteiger partial charge in [-0.2, -0.15) is 65.9 Å². The summed E-state index contributed by atoms with van der Waals surface area (Å²) < 4.78 is 312. The van der Waals surface area contributed by atoms with E-state index < -0.39 is 238 Å². The number of anilines is 2. The average Bonchev–Trinajstić information content (AvgIpc) is 0.764. The zero-order valence-electron chi connectivity index (χ0n) is 62.0. The lowest BCUT2D eigenvalue weighted by Gasteiger charge is -2.39. The molecule has 10 rings (SSSR count). The maximum Gasteiger partial charge on any atom is 0.418 e. The molecule has 0 radical (unpaired) electrons. The summed E-state index contributed by atoms with van der Waals surface area (Å²) in [7, 11) is 1.47. The molecule has 3 aliphatic rings. The molecule has 21 nitrogen and oxygen atoms in total. The minimum atomic E-state index is -5.10. The molecule has 0 unspecified atom stereocenters. The Bertz CT molecular complexity index is 4700. The third kappa shape index (κ3) is 25.3. The Morgan fingerprint density at radius 1 is 0.509 bits per heavy atom. The van der Waals surface area contributed by atoms with Gasteiger partial charge < -0.3 is 65.2 Å². The van der Waals surface area contributed by atoms with E-state index in [4.69, 9.17) is 31.5 Å². The lowest BCUT2D eigenvalue weighted by Crippen LogP contribution is -2.55. The van der Waals surface area contributed by atoms with E-state index in [2.05, 4.69) is 50.4 Å². The molecule has 1 saturated carbocycles. The van der Waals surface area contributed by atoms with E-state index in [1.54, 1.807) is 65.8 Å². The number of fused-ring (bicyclic) bond motifs is 3. The molecule has 3 fully saturated rings. The Hall–Kier alpha value is -10.3. The summed E-state index contributed by atoms with van der Waals surface area (Å²) in [5.74, 6) is -14.4. The van der Waals surface area contributed by atoms with Crippen LogP contribution >= 0.6 is 11.6 Å². The molecule has 636 valence electrons. The van der Waals surface area contributed by atoms with Crippen LogP contribution in [0.4, 0.5) is 113 Å². The van der Waals surface area contributed by atoms with E-state index in [1.165, 1.54) is 7.11 Å². The van der Waals surface area contributed by atoms with Crippen LogP contribution in [0.25, 0.3) is 32.7 Å². The molecule has 116 heavy (non-hydrogen) atoms. The highest BCUT2D eigenvalue weighted by molar-refractivity contribution is 6.36. The van der Waals surface area contributed by atoms with Gasteiger partial charge in [-0.1, -0.05) is 23.7 Å². The number of nitrogens with two attached hydrogens (primary N) is 1. The number of rotatable bonds is 19. The second-order valence-electron chi connectivity index (χ2n) is 28.8. The van der Waals surface area contributed by atoms with Crippen LogP contribution in [0.3, 0.4) is 0 Å². The van der Waals surface area contributed by atoms with Crippen molar-refractivity contribution in [3.05, 3.63) is 123 Å². The smallest absolute Gasteiger partial charge is 0.418 e. The number of piperidine rings is 2. The quantitative estimate of drug-likeness (QED) is 0.0471. The Morgan fingerprint density at radius 3 is 1.29 bits per heavy atom. The summed E-state index contributed by atoms with van der Waals surface area (Å²) in [6.07, 6.45) is -19.6. The number of ether oxygens (including phenoxy) is 6. The topological polar surface area (TPSA) is 260 Å². The van der Waals surface area contributed by atoms with Crippen molar-refractivity contribution < 1.29 is 145 Å². The first-order valence-electron chi connectivity index (χ1n) is 34.8. The van der Waals surface area contributed by atoms with Crippen LogP contribution in [-0.4, -0.2) is 155 Å². The van der Waals surface area contributed by atoms with Gasteiger partial charge in [-0.05, 0) is 133 Å². The van der Waals surface area contributed by atoms with Crippen molar-refractivity contribution in [1.29, 1.82) is 0 Å². The number of amides is 5. The van der Waals surface area contributed by atoms with Gasteiger partial charge in [0.05, 0.1) is 57.5 Å². The number of alkyl halides is 21. The van der Waals surface area contributed by atoms with Crippen molar-refractivity contribution in [2.24, 2.45) is 5.92 Å². The highest BCUT2D eigenvalue weighted by atomic mass is 35.5. The minimum Gasteiger partial charge on any atom is -0.497 e. The number of aromatic nitrogens is 3. The Kier molecular flexibility index (Phi) is 28.3. The third-order valence-corrected chi connectivity index (χ3v) is 17.8. The van der Waals surface area contributed by atoms with Gasteiger partial charge in [0.2, 0.25) is 5.92 Å². The predicted molar refractivity (Wildman–Crippen MR) is 376 cm³/mol. The van der Waals surface area contributed by atoms with E-state index in [9.17, 15) is 116 Å². The number of nitrogen functional groups attached to an aromatic ring is 1. The van der Waals surface area contributed by atoms with Crippen LogP contribution in [0.5, 0.6) is 23.0 Å². The van der Waals surface area contributed by atoms with E-state index in [-0.39, 0.29) is 54.7 Å². The van der Waals surface area contributed by atoms with Crippen molar-refractivity contribution in [3.8, 4) is 23.0 Å². The van der Waals surface area contributed by atoms with Crippen LogP contribution in [-0.2, 0) is 34.5 Å². The monoisotopic (exact) mass is 1700 g/mol. The molecule has 0 spiro atoms. The number of nitrogens with one attached hydrogen (secondary N) is 4. The Balaban J connectivity index is 0.000000222. The third-order valence-electron chi connectivity index (χ3n) is 17.5. The SMILES string of the molecule is CC(C)(C)OC(=O)N1CCC(F)(F)C[C@@H]1CNC(=O)c1cc(Cl)c2cc(OC(F)F)cc(C(F)(F)F)c2n1.COc1ccc(CNc2cc(C(=O)NC[C@H]3CC(F)(F)CCN3C(=O)OC(C)(C)C)nc3c(C(F)(F)F)cc(OC(F)F)cc23)cc1.Nc1cc(C(=O)NC[C@@H]2CCCC(F)(F)C2)nc2c(C(F)(F)F)cc(OC(F)F)cc12. The van der Waals surface area contributed by atoms with Gasteiger partial charge in [0.15, 0.2) is 0 Å². The second-order valence-corrected chi connectivity index (χ2v) is 29.2. The molecule has 4 aromatic carbocycles. The largest absolute Gasteiger partial charge is 0.497 e. The molecule has 6 N–H and O–H groups in total. The highest BCUT2D eigenvalue weighted by Gasteiger charge is 2.47. The van der Waals surface area contributed by atoms with Gasteiger partial charge in [0.25, 0.3) is 29.6 Å². The highest BCUT2D eigenvalue weighted by Crippen LogP contribution is 2.45. The Labute approximate surface area is 650 Å². The molecular weight excluding hydrogens is 1630 g/mol. The molecular formula is C73H74ClF21N10O11. The number of hydrogen-bond acceptors (Lipinski definition) is 16. The number of likely N-dealkylation sites (tertiary alicyclic amines) is 2. The van der Waals surface area contributed by atoms with Crippen LogP contribution in [0.15, 0.2) is 78.9 Å². The fraction of sp³-hybridized carbons (Fsp3) is 0.479. The zero-order chi connectivity index (χ0) is 86.3. The number of carbonyl (C=O) groups excluding carboxylic acids is 5. The summed E-state index contributed by atoms with van der Waals surface area (Å²) in [5, 5.41) is 8.57. The summed E-state index contributed by atoms with van der Waals surface area (Å²) in [6, 6.07) is 10.8. The number of hydrogen-bond donors (Lipinski definition) is 5. The van der Waals surface area contributed by atoms with Crippen molar-refractivity contribution in [2.45, 2.75) is 179 Å². The lowest BCUT2D eigenvalue weighted by molar-refractivity contribution is -0.137. The molecule has 5 amide bonds. The molecule has 5 heterocycles. The van der Waals surface area contributed by atoms with E-state index >= 15 is 0 Å². The minimum absolute atomic E-state index is 0.0213. The first kappa shape index (κ1) is 91.2. The van der Waals surface area contributed by atoms with Gasteiger partial charge in [-0.15, -0.1) is 0 Å². The maximum absolute atomic E-state index is 14.4. The molecule has 3 aromatic heterocycles. The second kappa shape index (κ2) is 36.0. The van der Waals surface area contributed by atoms with Gasteiger partial charge in [-0.25, -0.2) is 50.9 Å². The molecule has 43 heteroatoms. The number of halogens is 22. The molecule has 2 aliphatic heterocycles. The number of methoxy groups -OCH3 is 1. The van der Waals surface area contributed by atoms with Crippen molar-refractivity contribution >= 4 is 85.6 Å². The van der Waals surface area contributed by atoms with E-state index in [0.29, 0.717) is 42.4 Å². The molecule has 1 aliphatic carbocycles. The molecule has 7 aromatic rings. The van der Waals surface area contributed by atoms with Crippen molar-refractivity contribution in [2.75, 3.05) is 50.9 Å². The summed E-state index contributed by atoms with van der Waals surface area (Å²) in [4.78, 5) is 77.2. The fourth-order valence-electron chi connectivity index (χ4n) is 12.4. The fourth-order valence-corrected chi connectivity index (χ4v) is 12.6. The van der Waals surface area contributed by atoms with Crippen LogP contribution in [0, 0.1) is 5.92 Å². The summed E-state index contributed by atoms with van der Waals surface area (Å²) >= 11 is 6.05. The average molecular weight is 1700 g/mol. The van der Waals surface area contributed by atoms with Gasteiger partial charge in [0, 0.05) is 105 Å². The van der Waals surface area contributed by atoms with Gasteiger partial charge in [0.1, 0.15) is 51.3 Å². The van der Waals surface area contributed by atoms with Gasteiger partial charge in [-0.3, -0.25) is 14.4 Å². The molecule has 2 saturated heterocycles. The molecule has 3 atom stereocenters. The van der Waals surface area contributed by atoms with Gasteiger partial charge >= 0.3 is 50.5 Å². The van der Waals surface area contributed by atoms with Crippen molar-refractivity contribution in [1.82, 2.24) is 40.7 Å². The Morgan fingerprint density at radius 2 is 0.888 bits per heavy atom. The predicted octanol–water partition coefficient (Wildman–Crippen LogP) is 18.5. The summed E-state index contributed by atoms with van der Waals surface area (Å²) in [6.45, 7) is -2.36. The number of pyridine rings is 3. The van der Waals surface area contributed by atoms with Crippen LogP contribution < -0.4 is 45.9 Å². The first-order chi connectivity index (χ1) is 53.6. The standard InChI is InChI=1S/C31H33F7N4O5.C23H23ClF7N3O4.C19H18F7N3O2/c1-29(2,3)47-28(44)42-10-9-30(34,35)14-18(42)16-40-26(43)24-13-23(39-15-17-5-7-19(45-4)8-6-17)21-11-20(46-27(32)33)12-22(25(21)41-24)31(36,37)38;1-21(2,3)38-20(36)34-5-4-22(27,28)9-11(34)10-32-18(35)16-8-15(24)13-6-12(37-19(25)26)7-14(17(13)33-16)23(29,30)31;20-17(21)31-10-4-11-13(27)6-14(29-15(11)12(5-10)19(24,25)26)16(30)28-8-9-2-1-3-18(22,23)7-9/h5-8,11-13,18,27H,9-10,14-16H2,1-4H3,(H,39,41)(H,40,43);6-8,11,19H,4-5,9-10H2,1-3H3,(H,32,35);4-6,9,17H,1-3,7-8H2,(H2,27,29)(H,28,30)/t18-;11-;9-/m111/s1. The number of benzene rings is 4. The van der Waals surface area contributed by atoms with Crippen molar-refractivity contribution in [3.63, 3.8) is 0 Å². The van der Waals surface area contributed by atoms with E-state index in [1.807, 2.05) is 0 Å². The lowest BCUT2D eigenvalue weighted by atomic mass is 9.86. The normalized spacial score (nSPS) is 17.7. The maximum atomic E-state index is 14.4. The number of nitrogens with zero attached hydrogens (tertiary/aromatic N) is 5. The zero-order valence-corrected chi connectivity index (χ0v) is 62.7.